The topological polar surface area (TPSA) is 102 Å². The number of fused-ring (bicyclic) bond motifs is 1. The molecule has 2 heterocycles. The fourth-order valence-corrected chi connectivity index (χ4v) is 6.77. The summed E-state index contributed by atoms with van der Waals surface area (Å²) in [6, 6.07) is 4.11. The SMILES string of the molecule is C[C@H]1CCc2c(C(=O)OCC(=O)Nc3cc(S(=O)(=O)N4CCOCC4)ccc3Cl)csc2C1. The number of halogens is 1. The Morgan fingerprint density at radius 2 is 2.06 bits per heavy atom. The van der Waals surface area contributed by atoms with Gasteiger partial charge in [0.2, 0.25) is 10.0 Å². The van der Waals surface area contributed by atoms with E-state index in [2.05, 4.69) is 12.2 Å². The number of morpholine rings is 1. The number of hydrogen-bond acceptors (Lipinski definition) is 7. The molecule has 0 unspecified atom stereocenters. The van der Waals surface area contributed by atoms with Crippen LogP contribution in [-0.2, 0) is 37.1 Å². The molecule has 1 aliphatic carbocycles. The maximum absolute atomic E-state index is 12.9. The van der Waals surface area contributed by atoms with E-state index < -0.39 is 28.5 Å². The number of ether oxygens (including phenoxy) is 2. The Morgan fingerprint density at radius 3 is 2.82 bits per heavy atom. The zero-order valence-corrected chi connectivity index (χ0v) is 20.5. The van der Waals surface area contributed by atoms with Crippen molar-refractivity contribution in [3.05, 3.63) is 44.6 Å². The van der Waals surface area contributed by atoms with Crippen LogP contribution in [0.2, 0.25) is 5.02 Å². The van der Waals surface area contributed by atoms with Gasteiger partial charge in [0.1, 0.15) is 0 Å². The molecular formula is C22H25ClN2O6S2. The smallest absolute Gasteiger partial charge is 0.339 e. The Kier molecular flexibility index (Phi) is 7.40. The summed E-state index contributed by atoms with van der Waals surface area (Å²) in [5.41, 5.74) is 1.67. The third kappa shape index (κ3) is 5.41. The van der Waals surface area contributed by atoms with Crippen LogP contribution in [0.5, 0.6) is 0 Å². The third-order valence-electron chi connectivity index (χ3n) is 5.78. The average molecular weight is 513 g/mol. The first-order valence-corrected chi connectivity index (χ1v) is 13.4. The molecule has 1 saturated heterocycles. The Morgan fingerprint density at radius 1 is 1.30 bits per heavy atom. The predicted octanol–water partition coefficient (Wildman–Crippen LogP) is 3.34. The molecular weight excluding hydrogens is 488 g/mol. The molecule has 2 aliphatic rings. The van der Waals surface area contributed by atoms with Gasteiger partial charge in [-0.05, 0) is 48.9 Å². The molecule has 0 spiro atoms. The van der Waals surface area contributed by atoms with Gasteiger partial charge in [0.25, 0.3) is 5.91 Å². The molecule has 1 aliphatic heterocycles. The molecule has 2 aromatic rings. The van der Waals surface area contributed by atoms with E-state index in [-0.39, 0.29) is 28.7 Å². The molecule has 1 aromatic carbocycles. The van der Waals surface area contributed by atoms with Gasteiger partial charge in [-0.1, -0.05) is 18.5 Å². The van der Waals surface area contributed by atoms with Crippen molar-refractivity contribution in [1.82, 2.24) is 4.31 Å². The summed E-state index contributed by atoms with van der Waals surface area (Å²) in [6.45, 7) is 2.86. The molecule has 1 N–H and O–H groups in total. The number of hydrogen-bond donors (Lipinski definition) is 1. The summed E-state index contributed by atoms with van der Waals surface area (Å²) in [5, 5.41) is 4.51. The predicted molar refractivity (Wildman–Crippen MR) is 125 cm³/mol. The van der Waals surface area contributed by atoms with E-state index in [1.807, 2.05) is 0 Å². The molecule has 8 nitrogen and oxygen atoms in total. The maximum Gasteiger partial charge on any atom is 0.339 e. The van der Waals surface area contributed by atoms with Crippen molar-refractivity contribution in [2.75, 3.05) is 38.2 Å². The number of carbonyl (C=O) groups is 2. The number of nitrogens with one attached hydrogen (secondary N) is 1. The Bertz CT molecular complexity index is 1160. The molecule has 1 aromatic heterocycles. The largest absolute Gasteiger partial charge is 0.452 e. The van der Waals surface area contributed by atoms with Gasteiger partial charge < -0.3 is 14.8 Å². The van der Waals surface area contributed by atoms with Crippen LogP contribution < -0.4 is 5.32 Å². The Balaban J connectivity index is 1.39. The zero-order chi connectivity index (χ0) is 23.6. The van der Waals surface area contributed by atoms with Crippen molar-refractivity contribution in [2.45, 2.75) is 31.1 Å². The molecule has 0 bridgehead atoms. The van der Waals surface area contributed by atoms with Gasteiger partial charge >= 0.3 is 5.97 Å². The van der Waals surface area contributed by atoms with Crippen LogP contribution in [0, 0.1) is 5.92 Å². The summed E-state index contributed by atoms with van der Waals surface area (Å²) < 4.78 is 37.5. The van der Waals surface area contributed by atoms with Gasteiger partial charge in [0, 0.05) is 23.3 Å². The fraction of sp³-hybridized carbons (Fsp3) is 0.455. The van der Waals surface area contributed by atoms with Crippen LogP contribution in [0.3, 0.4) is 0 Å². The van der Waals surface area contributed by atoms with Gasteiger partial charge in [-0.2, -0.15) is 4.31 Å². The van der Waals surface area contributed by atoms with Crippen molar-refractivity contribution < 1.29 is 27.5 Å². The van der Waals surface area contributed by atoms with E-state index in [0.717, 1.165) is 24.8 Å². The first-order valence-electron chi connectivity index (χ1n) is 10.7. The number of carbonyl (C=O) groups excluding carboxylic acids is 2. The molecule has 1 fully saturated rings. The molecule has 1 atom stereocenters. The zero-order valence-electron chi connectivity index (χ0n) is 18.1. The highest BCUT2D eigenvalue weighted by atomic mass is 35.5. The molecule has 33 heavy (non-hydrogen) atoms. The van der Waals surface area contributed by atoms with Crippen LogP contribution in [0.25, 0.3) is 0 Å². The third-order valence-corrected chi connectivity index (χ3v) is 9.05. The van der Waals surface area contributed by atoms with E-state index in [9.17, 15) is 18.0 Å². The fourth-order valence-electron chi connectivity index (χ4n) is 3.94. The van der Waals surface area contributed by atoms with Crippen LogP contribution in [-0.4, -0.2) is 57.5 Å². The van der Waals surface area contributed by atoms with Crippen molar-refractivity contribution in [1.29, 1.82) is 0 Å². The average Bonchev–Trinajstić information content (AvgIpc) is 3.22. The lowest BCUT2D eigenvalue weighted by atomic mass is 9.88. The van der Waals surface area contributed by atoms with E-state index in [4.69, 9.17) is 21.1 Å². The summed E-state index contributed by atoms with van der Waals surface area (Å²) in [4.78, 5) is 26.2. The maximum atomic E-state index is 12.9. The van der Waals surface area contributed by atoms with Gasteiger partial charge in [-0.25, -0.2) is 13.2 Å². The second kappa shape index (κ2) is 10.1. The minimum Gasteiger partial charge on any atom is -0.452 e. The van der Waals surface area contributed by atoms with E-state index >= 15 is 0 Å². The second-order valence-corrected chi connectivity index (χ2v) is 11.5. The Labute approximate surface area is 201 Å². The molecule has 4 rings (SSSR count). The minimum absolute atomic E-state index is 0.0141. The van der Waals surface area contributed by atoms with Crippen LogP contribution >= 0.6 is 22.9 Å². The van der Waals surface area contributed by atoms with E-state index in [1.54, 1.807) is 16.7 Å². The van der Waals surface area contributed by atoms with Crippen LogP contribution in [0.15, 0.2) is 28.5 Å². The number of esters is 1. The van der Waals surface area contributed by atoms with Gasteiger partial charge in [-0.15, -0.1) is 11.3 Å². The number of sulfonamides is 1. The second-order valence-electron chi connectivity index (χ2n) is 8.18. The molecule has 178 valence electrons. The molecule has 0 radical (unpaired) electrons. The summed E-state index contributed by atoms with van der Waals surface area (Å²) >= 11 is 7.71. The summed E-state index contributed by atoms with van der Waals surface area (Å²) in [7, 11) is -3.75. The van der Waals surface area contributed by atoms with Crippen molar-refractivity contribution in [3.8, 4) is 0 Å². The van der Waals surface area contributed by atoms with E-state index in [0.29, 0.717) is 24.7 Å². The highest BCUT2D eigenvalue weighted by Gasteiger charge is 2.27. The first kappa shape index (κ1) is 24.2. The van der Waals surface area contributed by atoms with E-state index in [1.165, 1.54) is 27.4 Å². The number of benzene rings is 1. The lowest BCUT2D eigenvalue weighted by Gasteiger charge is -2.26. The number of rotatable bonds is 6. The number of anilines is 1. The van der Waals surface area contributed by atoms with Crippen molar-refractivity contribution in [3.63, 3.8) is 0 Å². The van der Waals surface area contributed by atoms with Crippen molar-refractivity contribution >= 4 is 50.5 Å². The van der Waals surface area contributed by atoms with Gasteiger partial charge in [0.05, 0.1) is 34.4 Å². The van der Waals surface area contributed by atoms with Crippen molar-refractivity contribution in [2.24, 2.45) is 5.92 Å². The minimum atomic E-state index is -3.75. The molecule has 1 amide bonds. The molecule has 0 saturated carbocycles. The standard InChI is InChI=1S/C22H25ClN2O6S2/c1-14-2-4-16-17(13-32-20(16)10-14)22(27)31-12-21(26)24-19-11-15(3-5-18(19)23)33(28,29)25-6-8-30-9-7-25/h3,5,11,13-14H,2,4,6-10,12H2,1H3,(H,24,26)/t14-/m0/s1. The quantitative estimate of drug-likeness (QED) is 0.595. The monoisotopic (exact) mass is 512 g/mol. The highest BCUT2D eigenvalue weighted by Crippen LogP contribution is 2.33. The van der Waals surface area contributed by atoms with Crippen LogP contribution in [0.1, 0.15) is 34.1 Å². The molecule has 11 heteroatoms. The number of thiophene rings is 1. The number of amides is 1. The lowest BCUT2D eigenvalue weighted by molar-refractivity contribution is -0.119. The van der Waals surface area contributed by atoms with Gasteiger partial charge in [0.15, 0.2) is 6.61 Å². The lowest BCUT2D eigenvalue weighted by Crippen LogP contribution is -2.40. The first-order chi connectivity index (χ1) is 15.8. The highest BCUT2D eigenvalue weighted by molar-refractivity contribution is 7.89. The summed E-state index contributed by atoms with van der Waals surface area (Å²) in [6.07, 6.45) is 2.80. The number of nitrogens with zero attached hydrogens (tertiary/aromatic N) is 1. The van der Waals surface area contributed by atoms with Crippen LogP contribution in [0.4, 0.5) is 5.69 Å². The Hall–Kier alpha value is -1.98. The summed E-state index contributed by atoms with van der Waals surface area (Å²) in [5.74, 6) is -0.547. The normalized spacial score (nSPS) is 19.0. The van der Waals surface area contributed by atoms with Gasteiger partial charge in [-0.3, -0.25) is 4.79 Å².